The lowest BCUT2D eigenvalue weighted by atomic mass is 9.97. The van der Waals surface area contributed by atoms with Crippen molar-refractivity contribution in [1.82, 2.24) is 66.0 Å². The van der Waals surface area contributed by atoms with E-state index in [-0.39, 0.29) is 12.6 Å². The molecule has 10 N–H and O–H groups in total. The Morgan fingerprint density at radius 2 is 0.979 bits per heavy atom. The minimum absolute atomic E-state index is 0.280. The van der Waals surface area contributed by atoms with Crippen molar-refractivity contribution in [2.45, 2.75) is 268 Å². The Balaban J connectivity index is 0.000000176. The van der Waals surface area contributed by atoms with Crippen molar-refractivity contribution < 1.29 is 14.2 Å². The molecule has 2 atom stereocenters. The fourth-order valence-corrected chi connectivity index (χ4v) is 11.4. The number of rotatable bonds is 8. The third kappa shape index (κ3) is 27.9. The van der Waals surface area contributed by atoms with Crippen LogP contribution in [0.4, 0.5) is 21.8 Å². The fraction of sp³-hybridized carbons (Fsp3) is 0.680. The Morgan fingerprint density at radius 1 is 0.474 bits per heavy atom. The van der Waals surface area contributed by atoms with E-state index in [0.717, 1.165) is 93.0 Å². The van der Waals surface area contributed by atoms with Crippen LogP contribution in [-0.2, 0) is 38.8 Å². The number of hydrogen-bond donors (Lipinski definition) is 10. The molecule has 8 aliphatic rings. The SMILES string of the molecule is CC(C)NC1=NCC(F)CN1.CC(C)NC1=NCC(O)CN1.CC(C)NC1=NCCCN1.CC(C)c1ccc2c(n1)NCCCC2.CC(C)c1ccc2c(n1)NCCCO2.CC(C)c1cn2c(n1)CCC2.CC(C)c1cn2c(n1)CCCC2.Cc1nc2c(cc1C(C)C)CCCN2. The topological polar surface area (TPSA) is 249 Å². The normalized spacial score (nSPS) is 17.9. The van der Waals surface area contributed by atoms with Crippen LogP contribution in [0.3, 0.4) is 0 Å². The number of nitrogens with zero attached hydrogens (tertiary/aromatic N) is 10. The van der Waals surface area contributed by atoms with Gasteiger partial charge in [0.1, 0.15) is 29.5 Å². The van der Waals surface area contributed by atoms with Crippen LogP contribution >= 0.6 is 0 Å². The van der Waals surface area contributed by atoms with Crippen molar-refractivity contribution >= 4 is 35.3 Å². The first-order valence-corrected chi connectivity index (χ1v) is 36.9. The largest absolute Gasteiger partial charge is 0.490 e. The summed E-state index contributed by atoms with van der Waals surface area (Å²) in [4.78, 5) is 35.3. The number of β-amino-alcohol motifs (C(OH)–C–C–N with tert-alkyl or cyclic N) is 1. The summed E-state index contributed by atoms with van der Waals surface area (Å²) in [6.45, 7) is 46.4. The molecule has 0 aromatic carbocycles. The van der Waals surface area contributed by atoms with Gasteiger partial charge < -0.3 is 66.8 Å². The highest BCUT2D eigenvalue weighted by molar-refractivity contribution is 5.81. The summed E-state index contributed by atoms with van der Waals surface area (Å²) < 4.78 is 22.7. The molecule has 5 aromatic rings. The molecule has 0 fully saturated rings. The number of anilines is 3. The highest BCUT2D eigenvalue weighted by atomic mass is 19.1. The van der Waals surface area contributed by atoms with Gasteiger partial charge in [0.25, 0.3) is 0 Å². The number of aliphatic hydroxyl groups is 1. The van der Waals surface area contributed by atoms with Crippen LogP contribution in [-0.4, -0.2) is 153 Å². The molecule has 0 saturated heterocycles. The zero-order valence-corrected chi connectivity index (χ0v) is 62.5. The molecular weight excluding hydrogens is 1220 g/mol. The van der Waals surface area contributed by atoms with Crippen LogP contribution in [0.2, 0.25) is 0 Å². The number of aromatic nitrogens is 7. The van der Waals surface area contributed by atoms with Crippen LogP contribution in [0.5, 0.6) is 5.75 Å². The van der Waals surface area contributed by atoms with E-state index in [2.05, 4.69) is 231 Å². The molecule has 97 heavy (non-hydrogen) atoms. The Morgan fingerprint density at radius 3 is 1.53 bits per heavy atom. The number of ether oxygens (including phenoxy) is 1. The van der Waals surface area contributed by atoms with E-state index in [9.17, 15) is 4.39 Å². The molecule has 13 heterocycles. The summed E-state index contributed by atoms with van der Waals surface area (Å²) in [5.74, 6) is 11.8. The molecule has 0 radical (unpaired) electrons. The van der Waals surface area contributed by atoms with Crippen molar-refractivity contribution in [2.24, 2.45) is 15.0 Å². The minimum atomic E-state index is -0.826. The summed E-state index contributed by atoms with van der Waals surface area (Å²) in [6, 6.07) is 12.0. The average molecular weight is 1340 g/mol. The lowest BCUT2D eigenvalue weighted by molar-refractivity contribution is 0.180. The Hall–Kier alpha value is -7.23. The maximum atomic E-state index is 12.5. The summed E-state index contributed by atoms with van der Waals surface area (Å²) in [5.41, 5.74) is 10.2. The number of alkyl halides is 1. The summed E-state index contributed by atoms with van der Waals surface area (Å²) in [7, 11) is 0. The van der Waals surface area contributed by atoms with Crippen molar-refractivity contribution in [3.8, 4) is 5.75 Å². The summed E-state index contributed by atoms with van der Waals surface area (Å²) in [6.07, 6.45) is 17.8. The Labute approximate surface area is 582 Å². The standard InChI is InChI=1S/2C12H18N2.C11H16N2O.C10H16N2.C9H14N2.C7H14FN3.C7H15N3O.C7H15N3/c1-8(2)11-7-10-5-4-6-13-12(10)14-9(11)3;1-9(2)11-7-6-10-5-3-4-8-13-12(10)14-11;1-8(2)9-4-5-10-11(13-9)12-6-3-7-14-10;1-8(2)9-7-12-6-4-3-5-10(12)11-9;1-7(2)8-6-11-5-3-4-9(11)10-8;1-5(2)11-7-9-3-6(8)4-10-7;1-5(2)10-7-8-3-6(11)4-9-7;1-6(2)10-7-8-4-3-5-9-7/h7-8H,4-6H2,1-3H3,(H,13,14);6-7,9H,3-5,8H2,1-2H3,(H,13,14);4-5,8H,3,6-7H2,1-2H3,(H,12,13);7-8H,3-6H2,1-2H3;6-7H,3-5H2,1-2H3;5-6H,3-4H2,1-2H3,(H2,9,10,11);5-6,11H,3-4H2,1-2H3,(H2,8,9,10);6H,3-5H2,1-2H3,(H2,8,9,10). The van der Waals surface area contributed by atoms with Crippen molar-refractivity contribution in [1.29, 1.82) is 0 Å². The number of aryl methyl sites for hydroxylation is 7. The molecule has 0 amide bonds. The number of halogens is 1. The first-order valence-electron chi connectivity index (χ1n) is 36.9. The van der Waals surface area contributed by atoms with Gasteiger partial charge >= 0.3 is 0 Å². The molecular formula is C75H126FN19O2. The van der Waals surface area contributed by atoms with E-state index in [1.165, 1.54) is 128 Å². The molecule has 2 unspecified atom stereocenters. The average Bonchev–Trinajstić information content (AvgIpc) is 1.67. The van der Waals surface area contributed by atoms with Gasteiger partial charge in [0, 0.05) is 113 Å². The van der Waals surface area contributed by atoms with Gasteiger partial charge in [0.15, 0.2) is 29.4 Å². The van der Waals surface area contributed by atoms with Gasteiger partial charge in [-0.2, -0.15) is 0 Å². The second kappa shape index (κ2) is 41.2. The van der Waals surface area contributed by atoms with E-state index in [1.807, 2.05) is 26.0 Å². The number of aliphatic imine (C=N–C) groups is 3. The number of aliphatic hydroxyl groups excluding tert-OH is 1. The van der Waals surface area contributed by atoms with Gasteiger partial charge in [-0.05, 0) is 177 Å². The third-order valence-electron chi connectivity index (χ3n) is 16.8. The Bertz CT molecular complexity index is 3050. The summed E-state index contributed by atoms with van der Waals surface area (Å²) >= 11 is 0. The first kappa shape index (κ1) is 78.8. The van der Waals surface area contributed by atoms with E-state index in [0.29, 0.717) is 73.3 Å². The quantitative estimate of drug-likeness (QED) is 0.0694. The molecule has 0 saturated carbocycles. The zero-order chi connectivity index (χ0) is 70.4. The number of imidazole rings is 2. The van der Waals surface area contributed by atoms with Crippen molar-refractivity contribution in [3.05, 3.63) is 99.5 Å². The van der Waals surface area contributed by atoms with E-state index in [4.69, 9.17) is 9.84 Å². The highest BCUT2D eigenvalue weighted by Gasteiger charge is 2.19. The smallest absolute Gasteiger partial charge is 0.191 e. The van der Waals surface area contributed by atoms with Crippen molar-refractivity contribution in [3.63, 3.8) is 0 Å². The van der Waals surface area contributed by atoms with Gasteiger partial charge in [0.05, 0.1) is 43.7 Å². The monoisotopic (exact) mass is 1340 g/mol. The number of pyridine rings is 3. The van der Waals surface area contributed by atoms with Crippen LogP contribution in [0.15, 0.2) is 57.7 Å². The molecule has 8 aliphatic heterocycles. The second-order valence-corrected chi connectivity index (χ2v) is 28.7. The zero-order valence-electron chi connectivity index (χ0n) is 62.5. The van der Waals surface area contributed by atoms with Crippen LogP contribution in [0.1, 0.15) is 249 Å². The highest BCUT2D eigenvalue weighted by Crippen LogP contribution is 2.29. The fourth-order valence-electron chi connectivity index (χ4n) is 11.4. The van der Waals surface area contributed by atoms with Gasteiger partial charge in [-0.15, -0.1) is 0 Å². The maximum Gasteiger partial charge on any atom is 0.191 e. The molecule has 5 aromatic heterocycles. The van der Waals surface area contributed by atoms with Crippen LogP contribution in [0.25, 0.3) is 0 Å². The molecule has 21 nitrogen and oxygen atoms in total. The maximum absolute atomic E-state index is 12.5. The van der Waals surface area contributed by atoms with E-state index < -0.39 is 6.17 Å². The molecule has 22 heteroatoms. The number of guanidine groups is 3. The molecule has 13 rings (SSSR count). The first-order chi connectivity index (χ1) is 46.4. The predicted molar refractivity (Wildman–Crippen MR) is 402 cm³/mol. The molecule has 0 aliphatic carbocycles. The molecule has 0 spiro atoms. The lowest BCUT2D eigenvalue weighted by Gasteiger charge is -2.21. The van der Waals surface area contributed by atoms with Crippen molar-refractivity contribution in [2.75, 3.05) is 81.5 Å². The van der Waals surface area contributed by atoms with Crippen LogP contribution < -0.4 is 52.6 Å². The van der Waals surface area contributed by atoms with Gasteiger partial charge in [0.2, 0.25) is 0 Å². The molecule has 540 valence electrons. The number of nitrogens with one attached hydrogen (secondary N) is 9. The summed E-state index contributed by atoms with van der Waals surface area (Å²) in [5, 5.41) is 37.6. The van der Waals surface area contributed by atoms with Gasteiger partial charge in [-0.1, -0.05) is 81.4 Å². The number of hydrogen-bond acceptors (Lipinski definition) is 19. The lowest BCUT2D eigenvalue weighted by Crippen LogP contribution is -2.48. The van der Waals surface area contributed by atoms with Crippen LogP contribution in [0, 0.1) is 6.92 Å². The van der Waals surface area contributed by atoms with Gasteiger partial charge in [-0.25, -0.2) is 29.3 Å². The van der Waals surface area contributed by atoms with Gasteiger partial charge in [-0.3, -0.25) is 15.0 Å². The van der Waals surface area contributed by atoms with E-state index >= 15 is 0 Å². The molecule has 0 bridgehead atoms. The second-order valence-electron chi connectivity index (χ2n) is 28.7. The predicted octanol–water partition coefficient (Wildman–Crippen LogP) is 12.4. The third-order valence-corrected chi connectivity index (χ3v) is 16.8. The number of fused-ring (bicyclic) bond motifs is 5. The minimum Gasteiger partial charge on any atom is -0.490 e. The Kier molecular flexibility index (Phi) is 33.5. The van der Waals surface area contributed by atoms with E-state index in [1.54, 1.807) is 0 Å².